The number of hydrogen-bond donors (Lipinski definition) is 2. The van der Waals surface area contributed by atoms with Crippen LogP contribution in [0.15, 0.2) is 89.3 Å². The van der Waals surface area contributed by atoms with Gasteiger partial charge in [-0.15, -0.1) is 10.2 Å². The summed E-state index contributed by atoms with van der Waals surface area (Å²) in [5.74, 6) is 1.87. The average Bonchev–Trinajstić information content (AvgIpc) is 3.55. The van der Waals surface area contributed by atoms with E-state index in [1.54, 1.807) is 0 Å². The normalized spacial score (nSPS) is 22.3. The van der Waals surface area contributed by atoms with Crippen LogP contribution < -0.4 is 10.6 Å². The molecule has 218 valence electrons. The lowest BCUT2D eigenvalue weighted by atomic mass is 9.85. The van der Waals surface area contributed by atoms with Crippen molar-refractivity contribution in [3.8, 4) is 0 Å². The second kappa shape index (κ2) is 12.0. The van der Waals surface area contributed by atoms with E-state index in [1.807, 2.05) is 72.8 Å². The molecule has 2 aliphatic rings. The fourth-order valence-electron chi connectivity index (χ4n) is 6.74. The minimum atomic E-state index is -0.0154. The van der Waals surface area contributed by atoms with Gasteiger partial charge in [0, 0.05) is 35.0 Å². The Bertz CT molecular complexity index is 1640. The second-order valence-corrected chi connectivity index (χ2v) is 12.1. The smallest absolute Gasteiger partial charge is 0.251 e. The largest absolute Gasteiger partial charge is 0.425 e. The first kappa shape index (κ1) is 27.3. The number of fused-ring (bicyclic) bond motifs is 2. The molecule has 2 fully saturated rings. The quantitative estimate of drug-likeness (QED) is 0.223. The molecule has 0 aliphatic heterocycles. The van der Waals surface area contributed by atoms with Crippen molar-refractivity contribution in [3.05, 3.63) is 108 Å². The highest BCUT2D eigenvalue weighted by molar-refractivity contribution is 5.99. The van der Waals surface area contributed by atoms with Crippen LogP contribution in [-0.4, -0.2) is 34.1 Å². The van der Waals surface area contributed by atoms with Crippen molar-refractivity contribution in [1.82, 2.24) is 20.8 Å². The highest BCUT2D eigenvalue weighted by Gasteiger charge is 2.31. The minimum absolute atomic E-state index is 0.0154. The second-order valence-electron chi connectivity index (χ2n) is 12.1. The Balaban J connectivity index is 0.882. The predicted molar refractivity (Wildman–Crippen MR) is 167 cm³/mol. The van der Waals surface area contributed by atoms with Gasteiger partial charge in [-0.05, 0) is 97.2 Å². The molecule has 5 aromatic rings. The summed E-state index contributed by atoms with van der Waals surface area (Å²) in [6.45, 7) is 0. The van der Waals surface area contributed by atoms with Crippen molar-refractivity contribution in [3.63, 3.8) is 0 Å². The summed E-state index contributed by atoms with van der Waals surface area (Å²) >= 11 is 0. The maximum absolute atomic E-state index is 12.9. The fraction of sp³-hybridized carbons (Fsp3) is 0.333. The van der Waals surface area contributed by atoms with Crippen LogP contribution >= 0.6 is 0 Å². The first-order valence-electron chi connectivity index (χ1n) is 15.5. The molecule has 7 nitrogen and oxygen atoms in total. The zero-order valence-corrected chi connectivity index (χ0v) is 24.2. The van der Waals surface area contributed by atoms with Crippen molar-refractivity contribution < 1.29 is 14.0 Å². The SMILES string of the molecule is O=C(NC1CCC(c2nnc(C3CCC(NC(=O)c4ccc5ccccc5c4)CC3)o2)CC1)c1ccc2ccccc2c1. The molecule has 0 radical (unpaired) electrons. The summed E-state index contributed by atoms with van der Waals surface area (Å²) in [6.07, 6.45) is 7.23. The minimum Gasteiger partial charge on any atom is -0.425 e. The molecule has 4 aromatic carbocycles. The van der Waals surface area contributed by atoms with Gasteiger partial charge >= 0.3 is 0 Å². The maximum atomic E-state index is 12.9. The molecule has 0 atom stereocenters. The zero-order chi connectivity index (χ0) is 29.2. The number of nitrogens with zero attached hydrogens (tertiary/aromatic N) is 2. The van der Waals surface area contributed by atoms with Crippen LogP contribution in [0.4, 0.5) is 0 Å². The first-order valence-corrected chi connectivity index (χ1v) is 15.5. The van der Waals surface area contributed by atoms with E-state index >= 15 is 0 Å². The lowest BCUT2D eigenvalue weighted by Gasteiger charge is -2.28. The summed E-state index contributed by atoms with van der Waals surface area (Å²) < 4.78 is 6.22. The van der Waals surface area contributed by atoms with Gasteiger partial charge < -0.3 is 15.1 Å². The zero-order valence-electron chi connectivity index (χ0n) is 24.2. The molecule has 2 amide bonds. The Kier molecular flexibility index (Phi) is 7.62. The maximum Gasteiger partial charge on any atom is 0.251 e. The van der Waals surface area contributed by atoms with Crippen molar-refractivity contribution in [1.29, 1.82) is 0 Å². The third-order valence-corrected chi connectivity index (χ3v) is 9.30. The summed E-state index contributed by atoms with van der Waals surface area (Å²) in [6, 6.07) is 28.2. The van der Waals surface area contributed by atoms with Gasteiger partial charge in [0.25, 0.3) is 11.8 Å². The number of carbonyl (C=O) groups is 2. The van der Waals surface area contributed by atoms with Crippen molar-refractivity contribution in [2.45, 2.75) is 75.3 Å². The summed E-state index contributed by atoms with van der Waals surface area (Å²) in [5.41, 5.74) is 1.40. The number of amides is 2. The van der Waals surface area contributed by atoms with Crippen LogP contribution in [-0.2, 0) is 0 Å². The summed E-state index contributed by atoms with van der Waals surface area (Å²) in [4.78, 5) is 25.8. The standard InChI is InChI=1S/C36H36N4O3/c41-33(29-11-9-23-5-1-3-7-27(23)21-29)37-31-17-13-25(14-18-31)35-39-40-36(43-35)26-15-19-32(20-16-26)38-34(42)30-12-10-24-6-2-4-8-28(24)22-30/h1-12,21-22,25-26,31-32H,13-20H2,(H,37,41)(H,38,42). The number of carbonyl (C=O) groups excluding carboxylic acids is 2. The molecule has 2 saturated carbocycles. The third kappa shape index (κ3) is 6.03. The third-order valence-electron chi connectivity index (χ3n) is 9.30. The summed E-state index contributed by atoms with van der Waals surface area (Å²) in [5, 5.41) is 19.7. The van der Waals surface area contributed by atoms with Crippen molar-refractivity contribution >= 4 is 33.4 Å². The van der Waals surface area contributed by atoms with E-state index in [0.717, 1.165) is 84.7 Å². The Hall–Kier alpha value is -4.52. The van der Waals surface area contributed by atoms with Gasteiger partial charge in [0.1, 0.15) is 0 Å². The van der Waals surface area contributed by atoms with Gasteiger partial charge in [0.05, 0.1) is 0 Å². The van der Waals surface area contributed by atoms with Gasteiger partial charge in [-0.25, -0.2) is 0 Å². The van der Waals surface area contributed by atoms with Crippen molar-refractivity contribution in [2.24, 2.45) is 0 Å². The van der Waals surface area contributed by atoms with Gasteiger partial charge in [0.15, 0.2) is 0 Å². The Labute approximate surface area is 251 Å². The number of rotatable bonds is 6. The van der Waals surface area contributed by atoms with E-state index in [-0.39, 0.29) is 35.7 Å². The number of hydrogen-bond acceptors (Lipinski definition) is 5. The molecule has 7 rings (SSSR count). The van der Waals surface area contributed by atoms with E-state index in [2.05, 4.69) is 33.0 Å². The van der Waals surface area contributed by atoms with Gasteiger partial charge in [-0.1, -0.05) is 60.7 Å². The van der Waals surface area contributed by atoms with Crippen LogP contribution in [0.1, 0.15) is 95.7 Å². The Morgan fingerprint density at radius 3 is 1.35 bits per heavy atom. The molecule has 43 heavy (non-hydrogen) atoms. The molecule has 1 aromatic heterocycles. The van der Waals surface area contributed by atoms with Crippen LogP contribution in [0.5, 0.6) is 0 Å². The first-order chi connectivity index (χ1) is 21.1. The Morgan fingerprint density at radius 2 is 0.930 bits per heavy atom. The van der Waals surface area contributed by atoms with Gasteiger partial charge in [-0.2, -0.15) is 0 Å². The van der Waals surface area contributed by atoms with E-state index in [4.69, 9.17) is 4.42 Å². The van der Waals surface area contributed by atoms with Crippen LogP contribution in [0.2, 0.25) is 0 Å². The van der Waals surface area contributed by atoms with Crippen molar-refractivity contribution in [2.75, 3.05) is 0 Å². The monoisotopic (exact) mass is 572 g/mol. The molecular formula is C36H36N4O3. The van der Waals surface area contributed by atoms with Gasteiger partial charge in [0.2, 0.25) is 11.8 Å². The fourth-order valence-corrected chi connectivity index (χ4v) is 6.74. The number of benzene rings is 4. The molecule has 1 heterocycles. The van der Waals surface area contributed by atoms with E-state index in [9.17, 15) is 9.59 Å². The molecule has 7 heteroatoms. The van der Waals surface area contributed by atoms with E-state index in [1.165, 1.54) is 0 Å². The molecule has 0 unspecified atom stereocenters. The number of aromatic nitrogens is 2. The lowest BCUT2D eigenvalue weighted by molar-refractivity contribution is 0.0917. The summed E-state index contributed by atoms with van der Waals surface area (Å²) in [7, 11) is 0. The molecule has 0 spiro atoms. The number of nitrogens with one attached hydrogen (secondary N) is 2. The molecular weight excluding hydrogens is 536 g/mol. The molecule has 0 saturated heterocycles. The predicted octanol–water partition coefficient (Wildman–Crippen LogP) is 7.29. The topological polar surface area (TPSA) is 97.1 Å². The van der Waals surface area contributed by atoms with E-state index in [0.29, 0.717) is 11.1 Å². The highest BCUT2D eigenvalue weighted by atomic mass is 16.4. The highest BCUT2D eigenvalue weighted by Crippen LogP contribution is 2.36. The molecule has 0 bridgehead atoms. The molecule has 2 N–H and O–H groups in total. The van der Waals surface area contributed by atoms with Crippen LogP contribution in [0.3, 0.4) is 0 Å². The molecule has 2 aliphatic carbocycles. The average molecular weight is 573 g/mol. The van der Waals surface area contributed by atoms with Gasteiger partial charge in [-0.3, -0.25) is 9.59 Å². The van der Waals surface area contributed by atoms with Crippen LogP contribution in [0.25, 0.3) is 21.5 Å². The Morgan fingerprint density at radius 1 is 0.535 bits per heavy atom. The lowest BCUT2D eigenvalue weighted by Crippen LogP contribution is -2.37. The van der Waals surface area contributed by atoms with E-state index < -0.39 is 0 Å². The van der Waals surface area contributed by atoms with Crippen LogP contribution in [0, 0.1) is 0 Å².